The van der Waals surface area contributed by atoms with Crippen LogP contribution in [-0.2, 0) is 12.6 Å². The highest BCUT2D eigenvalue weighted by molar-refractivity contribution is 5.85. The molecular weight excluding hydrogens is 456 g/mol. The summed E-state index contributed by atoms with van der Waals surface area (Å²) < 4.78 is 38.6. The molecule has 0 N–H and O–H groups in total. The minimum Gasteiger partial charge on any atom is -0.303 e. The van der Waals surface area contributed by atoms with Crippen LogP contribution in [-0.4, -0.2) is 49.1 Å². The summed E-state index contributed by atoms with van der Waals surface area (Å²) >= 11 is 0. The van der Waals surface area contributed by atoms with Gasteiger partial charge in [0.2, 0.25) is 0 Å². The van der Waals surface area contributed by atoms with Gasteiger partial charge in [-0.05, 0) is 80.2 Å². The number of hydrogen-bond acceptors (Lipinski definition) is 2. The van der Waals surface area contributed by atoms with E-state index in [0.29, 0.717) is 5.92 Å². The molecule has 0 radical (unpaired) electrons. The third-order valence-electron chi connectivity index (χ3n) is 6.38. The molecule has 1 fully saturated rings. The third kappa shape index (κ3) is 7.95. The van der Waals surface area contributed by atoms with Crippen LogP contribution < -0.4 is 0 Å². The quantitative estimate of drug-likeness (QED) is 0.400. The number of halogens is 5. The maximum absolute atomic E-state index is 12.9. The van der Waals surface area contributed by atoms with Crippen LogP contribution in [0.5, 0.6) is 0 Å². The molecule has 2 aromatic carbocycles. The molecule has 0 saturated carbocycles. The minimum atomic E-state index is -4.29. The lowest BCUT2D eigenvalue weighted by Gasteiger charge is -2.33. The molecule has 0 bridgehead atoms. The lowest BCUT2D eigenvalue weighted by atomic mass is 9.87. The van der Waals surface area contributed by atoms with E-state index in [2.05, 4.69) is 29.7 Å². The van der Waals surface area contributed by atoms with E-state index in [9.17, 15) is 13.2 Å². The molecule has 0 spiro atoms. The van der Waals surface area contributed by atoms with Crippen molar-refractivity contribution in [3.05, 3.63) is 59.7 Å². The van der Waals surface area contributed by atoms with Gasteiger partial charge in [0, 0.05) is 13.1 Å². The average Bonchev–Trinajstić information content (AvgIpc) is 2.75. The first-order valence-electron chi connectivity index (χ1n) is 11.1. The second-order valence-electron chi connectivity index (χ2n) is 8.25. The molecule has 0 aliphatic carbocycles. The molecule has 1 heterocycles. The summed E-state index contributed by atoms with van der Waals surface area (Å²) in [6, 6.07) is 13.7. The standard InChI is InChI=1S/C25H33F3N2.2ClH/c1-3-29(4-2)17-18-30-15-13-20(14-16-30)19-22-7-5-6-8-24(22)21-9-11-23(12-10-21)25(26,27)28;;/h5-12,20H,3-4,13-19H2,1-2H3;2*1H. The van der Waals surface area contributed by atoms with Gasteiger partial charge in [-0.25, -0.2) is 0 Å². The zero-order chi connectivity index (χ0) is 21.6. The van der Waals surface area contributed by atoms with Crippen LogP contribution in [0.2, 0.25) is 0 Å². The smallest absolute Gasteiger partial charge is 0.303 e. The lowest BCUT2D eigenvalue weighted by Crippen LogP contribution is -2.40. The molecule has 7 heteroatoms. The van der Waals surface area contributed by atoms with Crippen LogP contribution in [0.1, 0.15) is 37.8 Å². The van der Waals surface area contributed by atoms with Gasteiger partial charge < -0.3 is 9.80 Å². The fourth-order valence-electron chi connectivity index (χ4n) is 4.37. The number of likely N-dealkylation sites (tertiary alicyclic amines) is 1. The number of piperidine rings is 1. The van der Waals surface area contributed by atoms with Gasteiger partial charge in [0.15, 0.2) is 0 Å². The second kappa shape index (κ2) is 13.4. The highest BCUT2D eigenvalue weighted by atomic mass is 35.5. The van der Waals surface area contributed by atoms with Crippen molar-refractivity contribution in [2.75, 3.05) is 39.3 Å². The minimum absolute atomic E-state index is 0. The summed E-state index contributed by atoms with van der Waals surface area (Å²) in [6.45, 7) is 11.2. The van der Waals surface area contributed by atoms with Crippen molar-refractivity contribution < 1.29 is 13.2 Å². The highest BCUT2D eigenvalue weighted by Crippen LogP contribution is 2.33. The Morgan fingerprint density at radius 2 is 1.50 bits per heavy atom. The van der Waals surface area contributed by atoms with E-state index in [0.717, 1.165) is 56.8 Å². The summed E-state index contributed by atoms with van der Waals surface area (Å²) in [5, 5.41) is 0. The van der Waals surface area contributed by atoms with E-state index in [1.165, 1.54) is 30.5 Å². The van der Waals surface area contributed by atoms with Crippen molar-refractivity contribution in [3.63, 3.8) is 0 Å². The van der Waals surface area contributed by atoms with Crippen LogP contribution >= 0.6 is 24.8 Å². The molecule has 2 nitrogen and oxygen atoms in total. The van der Waals surface area contributed by atoms with Gasteiger partial charge in [-0.15, -0.1) is 24.8 Å². The number of nitrogens with zero attached hydrogens (tertiary/aromatic N) is 2. The van der Waals surface area contributed by atoms with E-state index in [4.69, 9.17) is 0 Å². The second-order valence-corrected chi connectivity index (χ2v) is 8.25. The van der Waals surface area contributed by atoms with Crippen LogP contribution in [0.15, 0.2) is 48.5 Å². The fourth-order valence-corrected chi connectivity index (χ4v) is 4.37. The van der Waals surface area contributed by atoms with Crippen LogP contribution in [0.3, 0.4) is 0 Å². The predicted octanol–water partition coefficient (Wildman–Crippen LogP) is 6.81. The first kappa shape index (κ1) is 28.8. The Kier molecular flexibility index (Phi) is 12.1. The Balaban J connectivity index is 0.00000256. The summed E-state index contributed by atoms with van der Waals surface area (Å²) in [6.07, 6.45) is -0.947. The van der Waals surface area contributed by atoms with Gasteiger partial charge in [0.05, 0.1) is 5.56 Å². The van der Waals surface area contributed by atoms with E-state index in [1.54, 1.807) is 12.1 Å². The molecule has 0 aromatic heterocycles. The number of likely N-dealkylation sites (N-methyl/N-ethyl adjacent to an activating group) is 1. The first-order valence-corrected chi connectivity index (χ1v) is 11.1. The molecule has 0 atom stereocenters. The number of benzene rings is 2. The van der Waals surface area contributed by atoms with E-state index >= 15 is 0 Å². The third-order valence-corrected chi connectivity index (χ3v) is 6.38. The van der Waals surface area contributed by atoms with Crippen molar-refractivity contribution in [3.8, 4) is 11.1 Å². The zero-order valence-corrected chi connectivity index (χ0v) is 20.5. The van der Waals surface area contributed by atoms with Crippen molar-refractivity contribution in [2.24, 2.45) is 5.92 Å². The van der Waals surface area contributed by atoms with E-state index in [1.807, 2.05) is 18.2 Å². The molecule has 180 valence electrons. The molecule has 0 unspecified atom stereocenters. The molecule has 1 aliphatic heterocycles. The number of hydrogen-bond donors (Lipinski definition) is 0. The van der Waals surface area contributed by atoms with Gasteiger partial charge in [0.25, 0.3) is 0 Å². The summed E-state index contributed by atoms with van der Waals surface area (Å²) in [7, 11) is 0. The van der Waals surface area contributed by atoms with Crippen LogP contribution in [0.25, 0.3) is 11.1 Å². The fraction of sp³-hybridized carbons (Fsp3) is 0.520. The van der Waals surface area contributed by atoms with Gasteiger partial charge in [-0.1, -0.05) is 50.2 Å². The Morgan fingerprint density at radius 3 is 2.06 bits per heavy atom. The van der Waals surface area contributed by atoms with Gasteiger partial charge >= 0.3 is 6.18 Å². The predicted molar refractivity (Wildman–Crippen MR) is 132 cm³/mol. The molecule has 3 rings (SSSR count). The number of alkyl halides is 3. The maximum Gasteiger partial charge on any atom is 0.416 e. The van der Waals surface area contributed by atoms with Gasteiger partial charge in [0.1, 0.15) is 0 Å². The number of rotatable bonds is 8. The van der Waals surface area contributed by atoms with Gasteiger partial charge in [-0.2, -0.15) is 13.2 Å². The largest absolute Gasteiger partial charge is 0.416 e. The Labute approximate surface area is 203 Å². The summed E-state index contributed by atoms with van der Waals surface area (Å²) in [4.78, 5) is 5.03. The molecule has 0 amide bonds. The molecule has 2 aromatic rings. The molecule has 1 saturated heterocycles. The van der Waals surface area contributed by atoms with Gasteiger partial charge in [-0.3, -0.25) is 0 Å². The zero-order valence-electron chi connectivity index (χ0n) is 18.9. The first-order chi connectivity index (χ1) is 14.4. The van der Waals surface area contributed by atoms with Crippen LogP contribution in [0.4, 0.5) is 13.2 Å². The monoisotopic (exact) mass is 490 g/mol. The molecule has 1 aliphatic rings. The molecular formula is C25H35Cl2F3N2. The van der Waals surface area contributed by atoms with Crippen molar-refractivity contribution in [1.82, 2.24) is 9.80 Å². The SMILES string of the molecule is CCN(CC)CCN1CCC(Cc2ccccc2-c2ccc(C(F)(F)F)cc2)CC1.Cl.Cl. The van der Waals surface area contributed by atoms with E-state index in [-0.39, 0.29) is 24.8 Å². The lowest BCUT2D eigenvalue weighted by molar-refractivity contribution is -0.137. The Morgan fingerprint density at radius 1 is 0.906 bits per heavy atom. The Bertz CT molecular complexity index is 785. The van der Waals surface area contributed by atoms with Crippen molar-refractivity contribution in [2.45, 2.75) is 39.3 Å². The van der Waals surface area contributed by atoms with Crippen molar-refractivity contribution >= 4 is 24.8 Å². The topological polar surface area (TPSA) is 6.48 Å². The normalized spacial score (nSPS) is 15.3. The summed E-state index contributed by atoms with van der Waals surface area (Å²) in [5.41, 5.74) is 2.55. The van der Waals surface area contributed by atoms with Crippen molar-refractivity contribution in [1.29, 1.82) is 0 Å². The summed E-state index contributed by atoms with van der Waals surface area (Å²) in [5.74, 6) is 0.630. The highest BCUT2D eigenvalue weighted by Gasteiger charge is 2.30. The van der Waals surface area contributed by atoms with E-state index < -0.39 is 11.7 Å². The maximum atomic E-state index is 12.9. The Hall–Kier alpha value is -1.27. The van der Waals surface area contributed by atoms with Crippen LogP contribution in [0, 0.1) is 5.92 Å². The molecule has 32 heavy (non-hydrogen) atoms. The average molecular weight is 491 g/mol.